The van der Waals surface area contributed by atoms with Gasteiger partial charge in [0.2, 0.25) is 0 Å². The van der Waals surface area contributed by atoms with Crippen LogP contribution in [0.1, 0.15) is 18.4 Å². The second-order valence-electron chi connectivity index (χ2n) is 5.78. The van der Waals surface area contributed by atoms with Gasteiger partial charge in [0.1, 0.15) is 0 Å². The molecule has 0 aromatic heterocycles. The van der Waals surface area contributed by atoms with Crippen LogP contribution in [-0.4, -0.2) is 49.6 Å². The predicted octanol–water partition coefficient (Wildman–Crippen LogP) is 1.79. The van der Waals surface area contributed by atoms with E-state index in [1.54, 1.807) is 0 Å². The van der Waals surface area contributed by atoms with E-state index in [1.165, 1.54) is 38.0 Å². The number of benzene rings is 1. The Labute approximate surface area is 117 Å². The average molecular weight is 261 g/mol. The largest absolute Gasteiger partial charge is 0.329 e. The molecule has 2 N–H and O–H groups in total. The molecule has 1 aliphatic rings. The average Bonchev–Trinajstić information content (AvgIpc) is 2.40. The van der Waals surface area contributed by atoms with Crippen molar-refractivity contribution in [2.45, 2.75) is 19.4 Å². The molecule has 1 aromatic carbocycles. The quantitative estimate of drug-likeness (QED) is 0.847. The first-order valence-corrected chi connectivity index (χ1v) is 7.43. The monoisotopic (exact) mass is 261 g/mol. The van der Waals surface area contributed by atoms with Gasteiger partial charge in [0.05, 0.1) is 0 Å². The zero-order valence-electron chi connectivity index (χ0n) is 12.1. The van der Waals surface area contributed by atoms with Crippen molar-refractivity contribution >= 4 is 0 Å². The first-order chi connectivity index (χ1) is 9.28. The van der Waals surface area contributed by atoms with Gasteiger partial charge in [0.15, 0.2) is 0 Å². The molecule has 1 heterocycles. The predicted molar refractivity (Wildman–Crippen MR) is 81.0 cm³/mol. The van der Waals surface area contributed by atoms with E-state index in [1.807, 2.05) is 0 Å². The highest BCUT2D eigenvalue weighted by molar-refractivity contribution is 5.14. The molecule has 3 heteroatoms. The van der Waals surface area contributed by atoms with Gasteiger partial charge in [-0.15, -0.1) is 0 Å². The third-order valence-electron chi connectivity index (χ3n) is 3.93. The molecule has 1 fully saturated rings. The first-order valence-electron chi connectivity index (χ1n) is 7.43. The van der Waals surface area contributed by atoms with Crippen molar-refractivity contribution < 1.29 is 0 Å². The third kappa shape index (κ3) is 4.94. The fourth-order valence-electron chi connectivity index (χ4n) is 3.04. The summed E-state index contributed by atoms with van der Waals surface area (Å²) in [5.41, 5.74) is 7.04. The SMILES string of the molecule is CN(CCN)C[C@H]1CCCN(Cc2ccccc2)C1. The van der Waals surface area contributed by atoms with Crippen LogP contribution in [0.3, 0.4) is 0 Å². The van der Waals surface area contributed by atoms with E-state index in [0.717, 1.165) is 25.6 Å². The van der Waals surface area contributed by atoms with Crippen LogP contribution in [0.2, 0.25) is 0 Å². The molecular weight excluding hydrogens is 234 g/mol. The highest BCUT2D eigenvalue weighted by Crippen LogP contribution is 2.19. The van der Waals surface area contributed by atoms with Crippen molar-refractivity contribution in [2.75, 3.05) is 39.8 Å². The minimum atomic E-state index is 0.761. The Morgan fingerprint density at radius 3 is 2.84 bits per heavy atom. The zero-order valence-corrected chi connectivity index (χ0v) is 12.1. The summed E-state index contributed by atoms with van der Waals surface area (Å²) in [5, 5.41) is 0. The van der Waals surface area contributed by atoms with Crippen LogP contribution in [0.25, 0.3) is 0 Å². The lowest BCUT2D eigenvalue weighted by atomic mass is 9.97. The lowest BCUT2D eigenvalue weighted by Crippen LogP contribution is -2.40. The number of likely N-dealkylation sites (tertiary alicyclic amines) is 1. The van der Waals surface area contributed by atoms with Crippen LogP contribution >= 0.6 is 0 Å². The highest BCUT2D eigenvalue weighted by atomic mass is 15.2. The number of nitrogens with zero attached hydrogens (tertiary/aromatic N) is 2. The fraction of sp³-hybridized carbons (Fsp3) is 0.625. The first kappa shape index (κ1) is 14.5. The van der Waals surface area contributed by atoms with Gasteiger partial charge in [-0.05, 0) is 37.9 Å². The van der Waals surface area contributed by atoms with Crippen molar-refractivity contribution in [1.82, 2.24) is 9.80 Å². The maximum atomic E-state index is 5.61. The van der Waals surface area contributed by atoms with E-state index in [9.17, 15) is 0 Å². The normalized spacial score (nSPS) is 20.9. The number of likely N-dealkylation sites (N-methyl/N-ethyl adjacent to an activating group) is 1. The molecular formula is C16H27N3. The maximum Gasteiger partial charge on any atom is 0.0233 e. The smallest absolute Gasteiger partial charge is 0.0233 e. The van der Waals surface area contributed by atoms with Crippen LogP contribution in [0.15, 0.2) is 30.3 Å². The lowest BCUT2D eigenvalue weighted by molar-refractivity contribution is 0.139. The van der Waals surface area contributed by atoms with Gasteiger partial charge in [-0.25, -0.2) is 0 Å². The molecule has 2 rings (SSSR count). The second kappa shape index (κ2) is 7.63. The third-order valence-corrected chi connectivity index (χ3v) is 3.93. The van der Waals surface area contributed by atoms with Crippen LogP contribution in [-0.2, 0) is 6.54 Å². The van der Waals surface area contributed by atoms with E-state index < -0.39 is 0 Å². The fourth-order valence-corrected chi connectivity index (χ4v) is 3.04. The Morgan fingerprint density at radius 1 is 1.32 bits per heavy atom. The van der Waals surface area contributed by atoms with E-state index in [-0.39, 0.29) is 0 Å². The zero-order chi connectivity index (χ0) is 13.5. The molecule has 3 nitrogen and oxygen atoms in total. The van der Waals surface area contributed by atoms with Crippen LogP contribution in [0.5, 0.6) is 0 Å². The second-order valence-corrected chi connectivity index (χ2v) is 5.78. The van der Waals surface area contributed by atoms with Crippen molar-refractivity contribution in [3.05, 3.63) is 35.9 Å². The molecule has 106 valence electrons. The lowest BCUT2D eigenvalue weighted by Gasteiger charge is -2.34. The Kier molecular flexibility index (Phi) is 5.83. The Bertz CT molecular complexity index is 352. The summed E-state index contributed by atoms with van der Waals surface area (Å²) >= 11 is 0. The van der Waals surface area contributed by atoms with E-state index >= 15 is 0 Å². The Hall–Kier alpha value is -0.900. The van der Waals surface area contributed by atoms with Crippen molar-refractivity contribution in [2.24, 2.45) is 11.7 Å². The van der Waals surface area contributed by atoms with Crippen molar-refractivity contribution in [3.63, 3.8) is 0 Å². The molecule has 1 aromatic rings. The van der Waals surface area contributed by atoms with Gasteiger partial charge in [-0.2, -0.15) is 0 Å². The van der Waals surface area contributed by atoms with E-state index in [4.69, 9.17) is 5.73 Å². The van der Waals surface area contributed by atoms with Crippen LogP contribution in [0.4, 0.5) is 0 Å². The Balaban J connectivity index is 1.80. The van der Waals surface area contributed by atoms with E-state index in [0.29, 0.717) is 0 Å². The molecule has 0 amide bonds. The van der Waals surface area contributed by atoms with Gasteiger partial charge in [-0.3, -0.25) is 4.90 Å². The van der Waals surface area contributed by atoms with Gasteiger partial charge in [0.25, 0.3) is 0 Å². The van der Waals surface area contributed by atoms with Gasteiger partial charge in [-0.1, -0.05) is 30.3 Å². The summed E-state index contributed by atoms with van der Waals surface area (Å²) in [7, 11) is 2.18. The minimum Gasteiger partial charge on any atom is -0.329 e. The summed E-state index contributed by atoms with van der Waals surface area (Å²) in [6.45, 7) is 6.52. The number of hydrogen-bond acceptors (Lipinski definition) is 3. The summed E-state index contributed by atoms with van der Waals surface area (Å²) in [6, 6.07) is 10.8. The summed E-state index contributed by atoms with van der Waals surface area (Å²) in [5.74, 6) is 0.800. The molecule has 0 spiro atoms. The van der Waals surface area contributed by atoms with Gasteiger partial charge < -0.3 is 10.6 Å². The molecule has 1 saturated heterocycles. The standard InChI is InChI=1S/C16H27N3/c1-18(11-9-17)12-16-8-5-10-19(14-16)13-15-6-3-2-4-7-15/h2-4,6-7,16H,5,8-14,17H2,1H3/t16-/m1/s1. The molecule has 0 unspecified atom stereocenters. The van der Waals surface area contributed by atoms with Gasteiger partial charge >= 0.3 is 0 Å². The van der Waals surface area contributed by atoms with Crippen molar-refractivity contribution in [1.29, 1.82) is 0 Å². The summed E-state index contributed by atoms with van der Waals surface area (Å²) in [6.07, 6.45) is 2.69. The summed E-state index contributed by atoms with van der Waals surface area (Å²) < 4.78 is 0. The topological polar surface area (TPSA) is 32.5 Å². The minimum absolute atomic E-state index is 0.761. The molecule has 0 radical (unpaired) electrons. The summed E-state index contributed by atoms with van der Waals surface area (Å²) in [4.78, 5) is 4.97. The number of hydrogen-bond donors (Lipinski definition) is 1. The maximum absolute atomic E-state index is 5.61. The molecule has 19 heavy (non-hydrogen) atoms. The van der Waals surface area contributed by atoms with E-state index in [2.05, 4.69) is 47.2 Å². The molecule has 1 atom stereocenters. The van der Waals surface area contributed by atoms with Gasteiger partial charge in [0, 0.05) is 32.7 Å². The number of rotatable bonds is 6. The highest BCUT2D eigenvalue weighted by Gasteiger charge is 2.20. The molecule has 0 saturated carbocycles. The van der Waals surface area contributed by atoms with Crippen LogP contribution < -0.4 is 5.73 Å². The molecule has 0 aliphatic carbocycles. The van der Waals surface area contributed by atoms with Crippen molar-refractivity contribution in [3.8, 4) is 0 Å². The molecule has 1 aliphatic heterocycles. The molecule has 0 bridgehead atoms. The Morgan fingerprint density at radius 2 is 2.11 bits per heavy atom. The van der Waals surface area contributed by atoms with Crippen LogP contribution in [0, 0.1) is 5.92 Å². The number of nitrogens with two attached hydrogens (primary N) is 1. The number of piperidine rings is 1.